The van der Waals surface area contributed by atoms with Crippen molar-refractivity contribution in [1.29, 1.82) is 0 Å². The first-order valence-corrected chi connectivity index (χ1v) is 7.64. The van der Waals surface area contributed by atoms with Gasteiger partial charge in [0, 0.05) is 17.5 Å². The van der Waals surface area contributed by atoms with Gasteiger partial charge >= 0.3 is 0 Å². The molecule has 0 saturated heterocycles. The maximum Gasteiger partial charge on any atom is 0.270 e. The number of benzene rings is 1. The number of nitrogens with zero attached hydrogens (tertiary/aromatic N) is 1. The number of hydrogen-bond acceptors (Lipinski definition) is 5. The Morgan fingerprint density at radius 2 is 2.24 bits per heavy atom. The van der Waals surface area contributed by atoms with Crippen molar-refractivity contribution in [2.75, 3.05) is 7.11 Å². The smallest absolute Gasteiger partial charge is 0.270 e. The lowest BCUT2D eigenvalue weighted by atomic mass is 10.3. The van der Waals surface area contributed by atoms with Gasteiger partial charge in [-0.1, -0.05) is 6.07 Å². The molecule has 1 aromatic carbocycles. The van der Waals surface area contributed by atoms with E-state index in [1.807, 2.05) is 24.3 Å². The van der Waals surface area contributed by atoms with Crippen LogP contribution in [0.25, 0.3) is 0 Å². The zero-order valence-electron chi connectivity index (χ0n) is 11.7. The van der Waals surface area contributed by atoms with Gasteiger partial charge in [0.1, 0.15) is 28.8 Å². The van der Waals surface area contributed by atoms with Gasteiger partial charge in [0.2, 0.25) is 0 Å². The average molecular weight is 304 g/mol. The van der Waals surface area contributed by atoms with Crippen LogP contribution in [-0.4, -0.2) is 24.0 Å². The fourth-order valence-corrected chi connectivity index (χ4v) is 2.49. The Kier molecular flexibility index (Phi) is 4.06. The minimum Gasteiger partial charge on any atom is -0.497 e. The van der Waals surface area contributed by atoms with Crippen molar-refractivity contribution in [3.8, 4) is 11.5 Å². The zero-order valence-corrected chi connectivity index (χ0v) is 12.5. The van der Waals surface area contributed by atoms with Gasteiger partial charge in [0.25, 0.3) is 5.91 Å². The number of nitrogens with one attached hydrogen (secondary N) is 1. The standard InChI is InChI=1S/C15H16N2O3S/c1-19-11-3-2-4-12(7-11)20-8-14-17-13(9-21-14)15(18)16-10-5-6-10/h2-4,7,9-10H,5-6,8H2,1H3,(H,16,18). The molecule has 21 heavy (non-hydrogen) atoms. The largest absolute Gasteiger partial charge is 0.497 e. The van der Waals surface area contributed by atoms with Crippen molar-refractivity contribution in [3.05, 3.63) is 40.3 Å². The number of carbonyl (C=O) groups is 1. The predicted octanol–water partition coefficient (Wildman–Crippen LogP) is 2.62. The van der Waals surface area contributed by atoms with E-state index in [4.69, 9.17) is 9.47 Å². The Morgan fingerprint density at radius 3 is 3.00 bits per heavy atom. The minimum absolute atomic E-state index is 0.0959. The van der Waals surface area contributed by atoms with Crippen LogP contribution in [0.4, 0.5) is 0 Å². The first-order chi connectivity index (χ1) is 10.2. The topological polar surface area (TPSA) is 60.5 Å². The summed E-state index contributed by atoms with van der Waals surface area (Å²) in [4.78, 5) is 16.1. The molecule has 1 N–H and O–H groups in total. The van der Waals surface area contributed by atoms with E-state index in [0.29, 0.717) is 24.1 Å². The summed E-state index contributed by atoms with van der Waals surface area (Å²) in [5, 5.41) is 5.46. The van der Waals surface area contributed by atoms with E-state index in [1.54, 1.807) is 12.5 Å². The lowest BCUT2D eigenvalue weighted by Gasteiger charge is -2.05. The van der Waals surface area contributed by atoms with Crippen LogP contribution in [0.3, 0.4) is 0 Å². The Hall–Kier alpha value is -2.08. The Balaban J connectivity index is 1.57. The highest BCUT2D eigenvalue weighted by atomic mass is 32.1. The second-order valence-electron chi connectivity index (χ2n) is 4.84. The molecule has 1 heterocycles. The van der Waals surface area contributed by atoms with Crippen LogP contribution in [-0.2, 0) is 6.61 Å². The van der Waals surface area contributed by atoms with Crippen molar-refractivity contribution < 1.29 is 14.3 Å². The highest BCUT2D eigenvalue weighted by Crippen LogP contribution is 2.22. The number of thiazole rings is 1. The molecule has 0 atom stereocenters. The number of methoxy groups -OCH3 is 1. The maximum absolute atomic E-state index is 11.8. The van der Waals surface area contributed by atoms with E-state index in [2.05, 4.69) is 10.3 Å². The lowest BCUT2D eigenvalue weighted by Crippen LogP contribution is -2.25. The number of carbonyl (C=O) groups excluding carboxylic acids is 1. The molecule has 1 aromatic heterocycles. The third kappa shape index (κ3) is 3.72. The molecule has 3 rings (SSSR count). The third-order valence-electron chi connectivity index (χ3n) is 3.10. The van der Waals surface area contributed by atoms with Crippen LogP contribution in [0.15, 0.2) is 29.6 Å². The Morgan fingerprint density at radius 1 is 1.43 bits per heavy atom. The zero-order chi connectivity index (χ0) is 14.7. The molecular formula is C15H16N2O3S. The van der Waals surface area contributed by atoms with Crippen LogP contribution < -0.4 is 14.8 Å². The number of ether oxygens (including phenoxy) is 2. The van der Waals surface area contributed by atoms with E-state index in [9.17, 15) is 4.79 Å². The molecule has 5 nitrogen and oxygen atoms in total. The molecule has 0 spiro atoms. The van der Waals surface area contributed by atoms with Crippen LogP contribution in [0, 0.1) is 0 Å². The quantitative estimate of drug-likeness (QED) is 0.891. The fraction of sp³-hybridized carbons (Fsp3) is 0.333. The van der Waals surface area contributed by atoms with Crippen molar-refractivity contribution >= 4 is 17.2 Å². The minimum atomic E-state index is -0.0959. The normalized spacial score (nSPS) is 13.8. The van der Waals surface area contributed by atoms with Crippen LogP contribution in [0.5, 0.6) is 11.5 Å². The highest BCUT2D eigenvalue weighted by Gasteiger charge is 2.24. The summed E-state index contributed by atoms with van der Waals surface area (Å²) in [5.41, 5.74) is 0.469. The average Bonchev–Trinajstić information content (AvgIpc) is 3.19. The van der Waals surface area contributed by atoms with Crippen LogP contribution in [0.1, 0.15) is 28.3 Å². The Labute approximate surface area is 126 Å². The molecule has 6 heteroatoms. The van der Waals surface area contributed by atoms with E-state index in [-0.39, 0.29) is 5.91 Å². The van der Waals surface area contributed by atoms with Crippen molar-refractivity contribution in [1.82, 2.24) is 10.3 Å². The summed E-state index contributed by atoms with van der Waals surface area (Å²) < 4.78 is 10.8. The van der Waals surface area contributed by atoms with E-state index >= 15 is 0 Å². The van der Waals surface area contributed by atoms with Crippen LogP contribution >= 0.6 is 11.3 Å². The maximum atomic E-state index is 11.8. The number of hydrogen-bond donors (Lipinski definition) is 1. The van der Waals surface area contributed by atoms with Gasteiger partial charge in [0.05, 0.1) is 7.11 Å². The molecular weight excluding hydrogens is 288 g/mol. The molecule has 0 radical (unpaired) electrons. The molecule has 0 aliphatic heterocycles. The summed E-state index contributed by atoms with van der Waals surface area (Å²) in [6.07, 6.45) is 2.14. The van der Waals surface area contributed by atoms with Crippen LogP contribution in [0.2, 0.25) is 0 Å². The Bertz CT molecular complexity index is 637. The lowest BCUT2D eigenvalue weighted by molar-refractivity contribution is 0.0946. The van der Waals surface area contributed by atoms with E-state index in [0.717, 1.165) is 23.6 Å². The number of aromatic nitrogens is 1. The summed E-state index contributed by atoms with van der Waals surface area (Å²) in [6.45, 7) is 0.342. The van der Waals surface area contributed by atoms with Gasteiger partial charge in [-0.2, -0.15) is 0 Å². The van der Waals surface area contributed by atoms with Gasteiger partial charge < -0.3 is 14.8 Å². The molecule has 0 unspecified atom stereocenters. The fourth-order valence-electron chi connectivity index (χ4n) is 1.80. The van der Waals surface area contributed by atoms with Gasteiger partial charge in [-0.25, -0.2) is 4.98 Å². The van der Waals surface area contributed by atoms with Crippen molar-refractivity contribution in [3.63, 3.8) is 0 Å². The van der Waals surface area contributed by atoms with Gasteiger partial charge in [-0.05, 0) is 25.0 Å². The molecule has 1 amide bonds. The summed E-state index contributed by atoms with van der Waals surface area (Å²) in [7, 11) is 1.62. The number of amides is 1. The van der Waals surface area contributed by atoms with Gasteiger partial charge in [-0.3, -0.25) is 4.79 Å². The molecule has 1 aliphatic carbocycles. The summed E-state index contributed by atoms with van der Waals surface area (Å²) >= 11 is 1.43. The molecule has 1 aliphatic rings. The summed E-state index contributed by atoms with van der Waals surface area (Å²) in [5.74, 6) is 1.37. The second kappa shape index (κ2) is 6.13. The van der Waals surface area contributed by atoms with E-state index < -0.39 is 0 Å². The molecule has 1 saturated carbocycles. The van der Waals surface area contributed by atoms with Crippen molar-refractivity contribution in [2.24, 2.45) is 0 Å². The first kappa shape index (κ1) is 13.9. The molecule has 0 bridgehead atoms. The highest BCUT2D eigenvalue weighted by molar-refractivity contribution is 7.09. The number of rotatable bonds is 6. The monoisotopic (exact) mass is 304 g/mol. The SMILES string of the molecule is COc1cccc(OCc2nc(C(=O)NC3CC3)cs2)c1. The predicted molar refractivity (Wildman–Crippen MR) is 79.9 cm³/mol. The molecule has 110 valence electrons. The third-order valence-corrected chi connectivity index (χ3v) is 3.92. The molecule has 2 aromatic rings. The van der Waals surface area contributed by atoms with E-state index in [1.165, 1.54) is 11.3 Å². The van der Waals surface area contributed by atoms with Gasteiger partial charge in [0.15, 0.2) is 0 Å². The second-order valence-corrected chi connectivity index (χ2v) is 5.78. The van der Waals surface area contributed by atoms with Crippen molar-refractivity contribution in [2.45, 2.75) is 25.5 Å². The molecule has 1 fully saturated rings. The summed E-state index contributed by atoms with van der Waals surface area (Å²) in [6, 6.07) is 7.74. The first-order valence-electron chi connectivity index (χ1n) is 6.77. The van der Waals surface area contributed by atoms with Gasteiger partial charge in [-0.15, -0.1) is 11.3 Å².